The van der Waals surface area contributed by atoms with Crippen molar-refractivity contribution in [3.63, 3.8) is 0 Å². The van der Waals surface area contributed by atoms with Crippen molar-refractivity contribution in [3.05, 3.63) is 30.1 Å². The van der Waals surface area contributed by atoms with Crippen LogP contribution < -0.4 is 10.2 Å². The molecule has 0 fully saturated rings. The van der Waals surface area contributed by atoms with Gasteiger partial charge >= 0.3 is 69.2 Å². The van der Waals surface area contributed by atoms with Crippen LogP contribution in [0, 0.1) is 5.82 Å². The fourth-order valence-electron chi connectivity index (χ4n) is 0.619. The van der Waals surface area contributed by atoms with Crippen LogP contribution in [0.2, 0.25) is 0 Å². The first-order valence-electron chi connectivity index (χ1n) is 2.91. The van der Waals surface area contributed by atoms with Crippen LogP contribution in [-0.4, -0.2) is 19.8 Å². The van der Waals surface area contributed by atoms with E-state index < -0.39 is 0 Å². The number of nitrogens with two attached hydrogens (primary N) is 1. The molecule has 2 nitrogen and oxygen atoms in total. The van der Waals surface area contributed by atoms with E-state index in [0.717, 1.165) is 4.46 Å². The van der Waals surface area contributed by atoms with E-state index in [9.17, 15) is 9.18 Å². The average Bonchev–Trinajstić information content (AvgIpc) is 1.93. The molecule has 4 heteroatoms. The second-order valence-electron chi connectivity index (χ2n) is 1.88. The Morgan fingerprint density at radius 2 is 1.91 bits per heavy atom. The van der Waals surface area contributed by atoms with Gasteiger partial charge in [0, 0.05) is 0 Å². The molecule has 0 bridgehead atoms. The van der Waals surface area contributed by atoms with Gasteiger partial charge in [0.05, 0.1) is 0 Å². The van der Waals surface area contributed by atoms with Gasteiger partial charge < -0.3 is 0 Å². The Hall–Kier alpha value is -0.861. The Morgan fingerprint density at radius 3 is 2.36 bits per heavy atom. The van der Waals surface area contributed by atoms with Crippen LogP contribution in [0.1, 0.15) is 0 Å². The molecule has 0 radical (unpaired) electrons. The van der Waals surface area contributed by atoms with Crippen LogP contribution in [0.4, 0.5) is 9.18 Å². The number of rotatable bonds is 2. The van der Waals surface area contributed by atoms with Crippen LogP contribution in [0.3, 0.4) is 0 Å². The number of hydrogen-bond donors (Lipinski definition) is 1. The molecule has 11 heavy (non-hydrogen) atoms. The molecule has 1 aromatic rings. The molecule has 1 aromatic carbocycles. The van der Waals surface area contributed by atoms with E-state index in [1.807, 2.05) is 0 Å². The summed E-state index contributed by atoms with van der Waals surface area (Å²) in [6, 6.07) is 5.78. The fraction of sp³-hybridized carbons (Fsp3) is 0. The summed E-state index contributed by atoms with van der Waals surface area (Å²) in [6.45, 7) is 0. The Kier molecular flexibility index (Phi) is 2.63. The van der Waals surface area contributed by atoms with Crippen molar-refractivity contribution >= 4 is 24.2 Å². The molecule has 1 amide bonds. The normalized spacial score (nSPS) is 9.55. The summed E-state index contributed by atoms with van der Waals surface area (Å²) in [7, 11) is 0. The second-order valence-corrected chi connectivity index (χ2v) is 4.14. The number of amides is 1. The Morgan fingerprint density at radius 1 is 1.36 bits per heavy atom. The van der Waals surface area contributed by atoms with E-state index in [4.69, 9.17) is 5.73 Å². The number of carbonyl (C=O) groups is 1. The minimum absolute atomic E-state index is 0.297. The maximum atomic E-state index is 12.3. The van der Waals surface area contributed by atoms with Crippen molar-refractivity contribution in [3.8, 4) is 0 Å². The van der Waals surface area contributed by atoms with Gasteiger partial charge in [0.25, 0.3) is 0 Å². The summed E-state index contributed by atoms with van der Waals surface area (Å²) >= 11 is -0.367. The molecule has 0 aliphatic heterocycles. The fourth-order valence-corrected chi connectivity index (χ4v) is 1.68. The van der Waals surface area contributed by atoms with E-state index in [0.29, 0.717) is 0 Å². The zero-order chi connectivity index (χ0) is 8.27. The van der Waals surface area contributed by atoms with Gasteiger partial charge in [-0.25, -0.2) is 0 Å². The summed E-state index contributed by atoms with van der Waals surface area (Å²) in [5, 5.41) is 0. The molecule has 2 N–H and O–H groups in total. The number of primary amides is 1. The SMILES string of the molecule is NC(=O)[Se]c1ccc(F)cc1. The molecular weight excluding hydrogens is 212 g/mol. The van der Waals surface area contributed by atoms with Crippen LogP contribution in [0.5, 0.6) is 0 Å². The third kappa shape index (κ3) is 2.70. The summed E-state index contributed by atoms with van der Waals surface area (Å²) in [5.41, 5.74) is 4.96. The van der Waals surface area contributed by atoms with Crippen LogP contribution >= 0.6 is 0 Å². The molecule has 1 rings (SSSR count). The summed E-state index contributed by atoms with van der Waals surface area (Å²) in [5.74, 6) is -0.297. The van der Waals surface area contributed by atoms with Gasteiger partial charge in [-0.05, 0) is 0 Å². The van der Waals surface area contributed by atoms with Gasteiger partial charge in [-0.2, -0.15) is 0 Å². The average molecular weight is 218 g/mol. The third-order valence-corrected chi connectivity index (χ3v) is 2.52. The Labute approximate surface area is 69.7 Å². The van der Waals surface area contributed by atoms with E-state index in [2.05, 4.69) is 0 Å². The van der Waals surface area contributed by atoms with Gasteiger partial charge in [0.15, 0.2) is 0 Å². The van der Waals surface area contributed by atoms with Crippen molar-refractivity contribution in [1.82, 2.24) is 0 Å². The van der Waals surface area contributed by atoms with E-state index in [-0.39, 0.29) is 25.6 Å². The van der Waals surface area contributed by atoms with Gasteiger partial charge in [0.1, 0.15) is 0 Å². The summed E-state index contributed by atoms with van der Waals surface area (Å²) in [4.78, 5) is 10.1. The van der Waals surface area contributed by atoms with Gasteiger partial charge in [-0.3, -0.25) is 0 Å². The molecule has 0 atom stereocenters. The predicted octanol–water partition coefficient (Wildman–Crippen LogP) is 0.234. The Balaban J connectivity index is 2.74. The van der Waals surface area contributed by atoms with Crippen molar-refractivity contribution in [2.45, 2.75) is 0 Å². The molecule has 0 saturated heterocycles. The van der Waals surface area contributed by atoms with Crippen molar-refractivity contribution in [1.29, 1.82) is 0 Å². The maximum absolute atomic E-state index is 12.3. The Bertz CT molecular complexity index is 260. The molecule has 0 heterocycles. The van der Waals surface area contributed by atoms with Crippen LogP contribution in [0.25, 0.3) is 0 Å². The molecule has 0 aromatic heterocycles. The van der Waals surface area contributed by atoms with Crippen LogP contribution in [-0.2, 0) is 0 Å². The zero-order valence-electron chi connectivity index (χ0n) is 5.58. The molecule has 0 spiro atoms. The first kappa shape index (κ1) is 8.24. The van der Waals surface area contributed by atoms with E-state index >= 15 is 0 Å². The number of benzene rings is 1. The molecule has 0 aliphatic carbocycles. The third-order valence-electron chi connectivity index (χ3n) is 1.03. The van der Waals surface area contributed by atoms with Crippen molar-refractivity contribution < 1.29 is 9.18 Å². The topological polar surface area (TPSA) is 43.1 Å². The van der Waals surface area contributed by atoms with Gasteiger partial charge in [-0.1, -0.05) is 0 Å². The number of hydrogen-bond acceptors (Lipinski definition) is 1. The molecular formula is C7H6FNOSe. The van der Waals surface area contributed by atoms with Crippen molar-refractivity contribution in [2.24, 2.45) is 5.73 Å². The van der Waals surface area contributed by atoms with Gasteiger partial charge in [0.2, 0.25) is 0 Å². The second kappa shape index (κ2) is 3.51. The monoisotopic (exact) mass is 219 g/mol. The first-order valence-corrected chi connectivity index (χ1v) is 4.62. The summed E-state index contributed by atoms with van der Waals surface area (Å²) in [6.07, 6.45) is 0. The van der Waals surface area contributed by atoms with E-state index in [1.165, 1.54) is 12.1 Å². The summed E-state index contributed by atoms with van der Waals surface area (Å²) < 4.78 is 13.1. The van der Waals surface area contributed by atoms with Gasteiger partial charge in [-0.15, -0.1) is 0 Å². The molecule has 58 valence electrons. The molecule has 0 unspecified atom stereocenters. The zero-order valence-corrected chi connectivity index (χ0v) is 7.29. The van der Waals surface area contributed by atoms with Crippen LogP contribution in [0.15, 0.2) is 24.3 Å². The number of halogens is 1. The first-order chi connectivity index (χ1) is 5.18. The molecule has 0 saturated carbocycles. The van der Waals surface area contributed by atoms with Crippen molar-refractivity contribution in [2.75, 3.05) is 0 Å². The molecule has 0 aliphatic rings. The predicted molar refractivity (Wildman–Crippen MR) is 41.4 cm³/mol. The standard InChI is InChI=1S/C7H6FNOSe/c8-5-1-3-6(4-2-5)11-7(9)10/h1-4H,(H2,9,10). The quantitative estimate of drug-likeness (QED) is 0.709. The van der Waals surface area contributed by atoms with E-state index in [1.54, 1.807) is 12.1 Å². The minimum atomic E-state index is -0.367. The number of carbonyl (C=O) groups excluding carboxylic acids is 1.